The molecule has 2 N–H and O–H groups in total. The molecule has 1 aromatic rings. The summed E-state index contributed by atoms with van der Waals surface area (Å²) in [4.78, 5) is 11.6. The molecule has 0 aliphatic carbocycles. The van der Waals surface area contributed by atoms with Gasteiger partial charge in [-0.1, -0.05) is 18.5 Å². The second kappa shape index (κ2) is 6.47. The molecule has 0 heterocycles. The van der Waals surface area contributed by atoms with E-state index in [4.69, 9.17) is 16.3 Å². The fourth-order valence-corrected chi connectivity index (χ4v) is 1.69. The van der Waals surface area contributed by atoms with E-state index < -0.39 is 0 Å². The summed E-state index contributed by atoms with van der Waals surface area (Å²) < 4.78 is 4.96. The van der Waals surface area contributed by atoms with Gasteiger partial charge < -0.3 is 15.2 Å². The Morgan fingerprint density at radius 2 is 2.29 bits per heavy atom. The Bertz CT molecular complexity index is 395. The molecule has 0 radical (unpaired) electrons. The number of halogens is 1. The molecule has 0 aromatic heterocycles. The van der Waals surface area contributed by atoms with Crippen LogP contribution in [-0.2, 0) is 9.53 Å². The molecule has 0 fully saturated rings. The molecular formula is C12H16ClNO3. The second-order valence-electron chi connectivity index (χ2n) is 3.98. The van der Waals surface area contributed by atoms with Crippen LogP contribution < -0.4 is 5.32 Å². The summed E-state index contributed by atoms with van der Waals surface area (Å²) in [5.41, 5.74) is 0.499. The molecule has 1 amide bonds. The molecular weight excluding hydrogens is 242 g/mol. The monoisotopic (exact) mass is 257 g/mol. The molecule has 0 aliphatic heterocycles. The van der Waals surface area contributed by atoms with E-state index in [0.717, 1.165) is 0 Å². The highest BCUT2D eigenvalue weighted by atomic mass is 35.5. The van der Waals surface area contributed by atoms with Crippen molar-refractivity contribution in [1.82, 2.24) is 0 Å². The van der Waals surface area contributed by atoms with Crippen LogP contribution in [0.2, 0.25) is 5.02 Å². The SMILES string of the molecule is COCC(C)CC(=O)Nc1ccc(O)cc1Cl. The minimum atomic E-state index is -0.123. The number of rotatable bonds is 5. The maximum absolute atomic E-state index is 11.6. The number of phenolic OH excluding ortho intramolecular Hbond substituents is 1. The molecule has 0 saturated heterocycles. The van der Waals surface area contributed by atoms with Gasteiger partial charge in [0.15, 0.2) is 0 Å². The summed E-state index contributed by atoms with van der Waals surface area (Å²) in [7, 11) is 1.60. The van der Waals surface area contributed by atoms with Gasteiger partial charge in [-0.15, -0.1) is 0 Å². The third-order valence-corrected chi connectivity index (χ3v) is 2.52. The van der Waals surface area contributed by atoms with Gasteiger partial charge in [-0.2, -0.15) is 0 Å². The van der Waals surface area contributed by atoms with Crippen LogP contribution in [0, 0.1) is 5.92 Å². The van der Waals surface area contributed by atoms with Crippen molar-refractivity contribution in [3.05, 3.63) is 23.2 Å². The summed E-state index contributed by atoms with van der Waals surface area (Å²) in [5.74, 6) is 0.0961. The van der Waals surface area contributed by atoms with Crippen molar-refractivity contribution in [2.45, 2.75) is 13.3 Å². The van der Waals surface area contributed by atoms with E-state index >= 15 is 0 Å². The first kappa shape index (κ1) is 13.8. The van der Waals surface area contributed by atoms with E-state index in [0.29, 0.717) is 23.7 Å². The number of carbonyl (C=O) groups excluding carboxylic acids is 1. The maximum Gasteiger partial charge on any atom is 0.224 e. The zero-order valence-electron chi connectivity index (χ0n) is 9.87. The van der Waals surface area contributed by atoms with E-state index in [2.05, 4.69) is 5.32 Å². The van der Waals surface area contributed by atoms with Gasteiger partial charge in [0.2, 0.25) is 5.91 Å². The van der Waals surface area contributed by atoms with Gasteiger partial charge in [-0.25, -0.2) is 0 Å². The number of hydrogen-bond donors (Lipinski definition) is 2. The largest absolute Gasteiger partial charge is 0.508 e. The van der Waals surface area contributed by atoms with Gasteiger partial charge in [0.25, 0.3) is 0 Å². The predicted molar refractivity (Wildman–Crippen MR) is 67.4 cm³/mol. The van der Waals surface area contributed by atoms with Crippen LogP contribution in [-0.4, -0.2) is 24.7 Å². The number of phenols is 1. The lowest BCUT2D eigenvalue weighted by Gasteiger charge is -2.11. The number of anilines is 1. The van der Waals surface area contributed by atoms with Gasteiger partial charge >= 0.3 is 0 Å². The molecule has 1 aromatic carbocycles. The van der Waals surface area contributed by atoms with Crippen LogP contribution in [0.4, 0.5) is 5.69 Å². The summed E-state index contributed by atoms with van der Waals surface area (Å²) in [5, 5.41) is 12.2. The second-order valence-corrected chi connectivity index (χ2v) is 4.38. The molecule has 1 unspecified atom stereocenters. The van der Waals surface area contributed by atoms with Gasteiger partial charge in [-0.05, 0) is 18.1 Å². The van der Waals surface area contributed by atoms with Crippen molar-refractivity contribution >= 4 is 23.2 Å². The first-order chi connectivity index (χ1) is 8.02. The van der Waals surface area contributed by atoms with Crippen molar-refractivity contribution in [1.29, 1.82) is 0 Å². The molecule has 94 valence electrons. The molecule has 1 atom stereocenters. The average molecular weight is 258 g/mol. The number of hydrogen-bond acceptors (Lipinski definition) is 3. The third-order valence-electron chi connectivity index (χ3n) is 2.21. The van der Waals surface area contributed by atoms with Crippen LogP contribution in [0.1, 0.15) is 13.3 Å². The lowest BCUT2D eigenvalue weighted by Crippen LogP contribution is -2.17. The van der Waals surface area contributed by atoms with Crippen LogP contribution in [0.5, 0.6) is 5.75 Å². The van der Waals surface area contributed by atoms with E-state index in [-0.39, 0.29) is 17.6 Å². The Morgan fingerprint density at radius 1 is 1.59 bits per heavy atom. The Labute approximate surface area is 106 Å². The Kier molecular flexibility index (Phi) is 5.25. The fourth-order valence-electron chi connectivity index (χ4n) is 1.47. The van der Waals surface area contributed by atoms with Crippen LogP contribution in [0.25, 0.3) is 0 Å². The zero-order chi connectivity index (χ0) is 12.8. The summed E-state index contributed by atoms with van der Waals surface area (Å²) in [6, 6.07) is 4.42. The van der Waals surface area contributed by atoms with Gasteiger partial charge in [-0.3, -0.25) is 4.79 Å². The number of methoxy groups -OCH3 is 1. The van der Waals surface area contributed by atoms with Crippen molar-refractivity contribution in [3.63, 3.8) is 0 Å². The van der Waals surface area contributed by atoms with Gasteiger partial charge in [0.05, 0.1) is 10.7 Å². The smallest absolute Gasteiger partial charge is 0.224 e. The molecule has 17 heavy (non-hydrogen) atoms. The quantitative estimate of drug-likeness (QED) is 0.798. The number of ether oxygens (including phenoxy) is 1. The fraction of sp³-hybridized carbons (Fsp3) is 0.417. The molecule has 1 rings (SSSR count). The first-order valence-corrected chi connectivity index (χ1v) is 5.68. The molecule has 4 nitrogen and oxygen atoms in total. The van der Waals surface area contributed by atoms with Crippen molar-refractivity contribution in [2.24, 2.45) is 5.92 Å². The third kappa shape index (κ3) is 4.63. The summed E-state index contributed by atoms with van der Waals surface area (Å²) in [6.45, 7) is 2.47. The minimum Gasteiger partial charge on any atom is -0.508 e. The summed E-state index contributed by atoms with van der Waals surface area (Å²) in [6.07, 6.45) is 0.366. The first-order valence-electron chi connectivity index (χ1n) is 5.30. The Balaban J connectivity index is 2.56. The zero-order valence-corrected chi connectivity index (χ0v) is 10.6. The van der Waals surface area contributed by atoms with Crippen molar-refractivity contribution in [3.8, 4) is 5.75 Å². The molecule has 5 heteroatoms. The normalized spacial score (nSPS) is 12.2. The van der Waals surface area contributed by atoms with Crippen molar-refractivity contribution < 1.29 is 14.6 Å². The molecule has 0 spiro atoms. The Morgan fingerprint density at radius 3 is 2.88 bits per heavy atom. The topological polar surface area (TPSA) is 58.6 Å². The van der Waals surface area contributed by atoms with E-state index in [1.165, 1.54) is 12.1 Å². The van der Waals surface area contributed by atoms with Crippen LogP contribution in [0.15, 0.2) is 18.2 Å². The highest BCUT2D eigenvalue weighted by Gasteiger charge is 2.10. The highest BCUT2D eigenvalue weighted by molar-refractivity contribution is 6.33. The minimum absolute atomic E-state index is 0.0701. The van der Waals surface area contributed by atoms with E-state index in [9.17, 15) is 9.90 Å². The predicted octanol–water partition coefficient (Wildman–Crippen LogP) is 2.66. The maximum atomic E-state index is 11.6. The molecule has 0 bridgehead atoms. The van der Waals surface area contributed by atoms with Gasteiger partial charge in [0, 0.05) is 26.2 Å². The standard InChI is InChI=1S/C12H16ClNO3/c1-8(7-17-2)5-12(16)14-11-4-3-9(15)6-10(11)13/h3-4,6,8,15H,5,7H2,1-2H3,(H,14,16). The number of carbonyl (C=O) groups is 1. The van der Waals surface area contributed by atoms with Crippen LogP contribution in [0.3, 0.4) is 0 Å². The lowest BCUT2D eigenvalue weighted by molar-refractivity contribution is -0.117. The van der Waals surface area contributed by atoms with E-state index in [1.807, 2.05) is 6.92 Å². The number of amides is 1. The lowest BCUT2D eigenvalue weighted by atomic mass is 10.1. The number of nitrogens with one attached hydrogen (secondary N) is 1. The van der Waals surface area contributed by atoms with Gasteiger partial charge in [0.1, 0.15) is 5.75 Å². The Hall–Kier alpha value is -1.26. The average Bonchev–Trinajstić information content (AvgIpc) is 2.22. The summed E-state index contributed by atoms with van der Waals surface area (Å²) >= 11 is 5.87. The van der Waals surface area contributed by atoms with Crippen LogP contribution >= 0.6 is 11.6 Å². The highest BCUT2D eigenvalue weighted by Crippen LogP contribution is 2.26. The molecule has 0 aliphatic rings. The number of benzene rings is 1. The number of aromatic hydroxyl groups is 1. The molecule has 0 saturated carbocycles. The van der Waals surface area contributed by atoms with E-state index in [1.54, 1.807) is 13.2 Å². The van der Waals surface area contributed by atoms with Crippen molar-refractivity contribution in [2.75, 3.05) is 19.0 Å².